The van der Waals surface area contributed by atoms with Gasteiger partial charge in [-0.05, 0) is 43.9 Å². The van der Waals surface area contributed by atoms with E-state index in [1.807, 2.05) is 13.1 Å². The van der Waals surface area contributed by atoms with Crippen molar-refractivity contribution in [2.75, 3.05) is 19.5 Å². The molecule has 1 aliphatic rings. The van der Waals surface area contributed by atoms with E-state index < -0.39 is 0 Å². The number of anilines is 1. The maximum atomic E-state index is 5.57. The van der Waals surface area contributed by atoms with Crippen molar-refractivity contribution in [3.8, 4) is 17.0 Å². The molecule has 110 valence electrons. The summed E-state index contributed by atoms with van der Waals surface area (Å²) in [6.07, 6.45) is 2.38. The topological polar surface area (TPSA) is 47.0 Å². The molecule has 0 unspecified atom stereocenters. The molecular weight excluding hydrogens is 262 g/mol. The number of methoxy groups -OCH3 is 1. The molecule has 0 atom stereocenters. The molecule has 21 heavy (non-hydrogen) atoms. The molecule has 2 aromatic rings. The lowest BCUT2D eigenvalue weighted by Gasteiger charge is -2.14. The molecule has 3 rings (SSSR count). The molecule has 1 saturated carbocycles. The van der Waals surface area contributed by atoms with Crippen LogP contribution in [0.3, 0.4) is 0 Å². The molecule has 0 aliphatic heterocycles. The Morgan fingerprint density at radius 3 is 2.52 bits per heavy atom. The Morgan fingerprint density at radius 1 is 1.14 bits per heavy atom. The summed E-state index contributed by atoms with van der Waals surface area (Å²) < 4.78 is 5.57. The van der Waals surface area contributed by atoms with Gasteiger partial charge in [0.25, 0.3) is 0 Å². The monoisotopic (exact) mass is 283 g/mol. The Hall–Kier alpha value is -2.10. The SMILES string of the molecule is CNc1cc(-c2c(C)cc(C)cc2OC)nc(C2CC2)n1. The van der Waals surface area contributed by atoms with Crippen molar-refractivity contribution in [2.45, 2.75) is 32.6 Å². The third-order valence-electron chi connectivity index (χ3n) is 3.86. The highest BCUT2D eigenvalue weighted by Crippen LogP contribution is 2.40. The van der Waals surface area contributed by atoms with E-state index in [0.29, 0.717) is 5.92 Å². The fourth-order valence-corrected chi connectivity index (χ4v) is 2.66. The highest BCUT2D eigenvalue weighted by molar-refractivity contribution is 5.73. The van der Waals surface area contributed by atoms with Gasteiger partial charge in [-0.1, -0.05) is 6.07 Å². The second kappa shape index (κ2) is 5.35. The summed E-state index contributed by atoms with van der Waals surface area (Å²) in [7, 11) is 3.60. The summed E-state index contributed by atoms with van der Waals surface area (Å²) in [5.41, 5.74) is 4.36. The van der Waals surface area contributed by atoms with Crippen LogP contribution < -0.4 is 10.1 Å². The van der Waals surface area contributed by atoms with Crippen LogP contribution in [0.2, 0.25) is 0 Å². The minimum atomic E-state index is 0.522. The van der Waals surface area contributed by atoms with E-state index in [9.17, 15) is 0 Å². The van der Waals surface area contributed by atoms with Crippen LogP contribution in [0.5, 0.6) is 5.75 Å². The predicted molar refractivity (Wildman–Crippen MR) is 85.0 cm³/mol. The van der Waals surface area contributed by atoms with E-state index in [0.717, 1.165) is 28.6 Å². The quantitative estimate of drug-likeness (QED) is 0.929. The van der Waals surface area contributed by atoms with Gasteiger partial charge in [-0.15, -0.1) is 0 Å². The van der Waals surface area contributed by atoms with Crippen molar-refractivity contribution < 1.29 is 4.74 Å². The molecule has 1 fully saturated rings. The second-order valence-corrected chi connectivity index (χ2v) is 5.68. The number of hydrogen-bond acceptors (Lipinski definition) is 4. The molecule has 1 aliphatic carbocycles. The smallest absolute Gasteiger partial charge is 0.134 e. The molecule has 0 amide bonds. The summed E-state index contributed by atoms with van der Waals surface area (Å²) >= 11 is 0. The largest absolute Gasteiger partial charge is 0.496 e. The average Bonchev–Trinajstić information content (AvgIpc) is 3.30. The van der Waals surface area contributed by atoms with Gasteiger partial charge in [-0.2, -0.15) is 0 Å². The van der Waals surface area contributed by atoms with Crippen molar-refractivity contribution >= 4 is 5.82 Å². The van der Waals surface area contributed by atoms with Gasteiger partial charge in [0.05, 0.1) is 12.8 Å². The van der Waals surface area contributed by atoms with Gasteiger partial charge in [-0.25, -0.2) is 9.97 Å². The lowest BCUT2D eigenvalue weighted by atomic mass is 10.0. The van der Waals surface area contributed by atoms with Gasteiger partial charge >= 0.3 is 0 Å². The molecule has 1 N–H and O–H groups in total. The molecular formula is C17H21N3O. The number of benzene rings is 1. The van der Waals surface area contributed by atoms with Crippen LogP contribution >= 0.6 is 0 Å². The Balaban J connectivity index is 2.17. The first-order chi connectivity index (χ1) is 10.1. The van der Waals surface area contributed by atoms with Crippen molar-refractivity contribution in [3.05, 3.63) is 35.2 Å². The third-order valence-corrected chi connectivity index (χ3v) is 3.86. The van der Waals surface area contributed by atoms with Crippen molar-refractivity contribution in [2.24, 2.45) is 0 Å². The average molecular weight is 283 g/mol. The van der Waals surface area contributed by atoms with Crippen LogP contribution in [0.4, 0.5) is 5.82 Å². The van der Waals surface area contributed by atoms with Crippen molar-refractivity contribution in [1.82, 2.24) is 9.97 Å². The van der Waals surface area contributed by atoms with Gasteiger partial charge in [0.2, 0.25) is 0 Å². The van der Waals surface area contributed by atoms with Gasteiger partial charge in [0.1, 0.15) is 17.4 Å². The number of rotatable bonds is 4. The van der Waals surface area contributed by atoms with Crippen LogP contribution in [0.15, 0.2) is 18.2 Å². The number of hydrogen-bond donors (Lipinski definition) is 1. The Labute approximate surface area is 125 Å². The standard InChI is InChI=1S/C17H21N3O/c1-10-7-11(2)16(14(8-10)21-4)13-9-15(18-3)20-17(19-13)12-5-6-12/h7-9,12H,5-6H2,1-4H3,(H,18,19,20). The van der Waals surface area contributed by atoms with Gasteiger partial charge in [-0.3, -0.25) is 0 Å². The van der Waals surface area contributed by atoms with Crippen LogP contribution in [0, 0.1) is 13.8 Å². The van der Waals surface area contributed by atoms with E-state index >= 15 is 0 Å². The molecule has 4 heteroatoms. The summed E-state index contributed by atoms with van der Waals surface area (Å²) in [6.45, 7) is 4.18. The Morgan fingerprint density at radius 2 is 1.90 bits per heavy atom. The summed E-state index contributed by atoms with van der Waals surface area (Å²) in [4.78, 5) is 9.36. The zero-order valence-electron chi connectivity index (χ0n) is 13.0. The number of nitrogens with zero attached hydrogens (tertiary/aromatic N) is 2. The summed E-state index contributed by atoms with van der Waals surface area (Å²) in [5, 5.41) is 3.14. The molecule has 0 spiro atoms. The molecule has 0 saturated heterocycles. The van der Waals surface area contributed by atoms with E-state index in [2.05, 4.69) is 36.3 Å². The zero-order chi connectivity index (χ0) is 15.0. The van der Waals surface area contributed by atoms with Gasteiger partial charge in [0.15, 0.2) is 0 Å². The van der Waals surface area contributed by atoms with Crippen LogP contribution in [0.1, 0.15) is 35.7 Å². The highest BCUT2D eigenvalue weighted by Gasteiger charge is 2.28. The molecule has 0 radical (unpaired) electrons. The molecule has 1 heterocycles. The first-order valence-electron chi connectivity index (χ1n) is 7.34. The zero-order valence-corrected chi connectivity index (χ0v) is 13.0. The Kier molecular flexibility index (Phi) is 3.53. The summed E-state index contributed by atoms with van der Waals surface area (Å²) in [6, 6.07) is 6.21. The fraction of sp³-hybridized carbons (Fsp3) is 0.412. The van der Waals surface area contributed by atoms with E-state index in [1.165, 1.54) is 24.0 Å². The van der Waals surface area contributed by atoms with Gasteiger partial charge in [0, 0.05) is 24.6 Å². The maximum Gasteiger partial charge on any atom is 0.134 e. The van der Waals surface area contributed by atoms with E-state index in [-0.39, 0.29) is 0 Å². The number of nitrogens with one attached hydrogen (secondary N) is 1. The lowest BCUT2D eigenvalue weighted by Crippen LogP contribution is -2.02. The first-order valence-corrected chi connectivity index (χ1v) is 7.34. The van der Waals surface area contributed by atoms with Crippen LogP contribution in [-0.4, -0.2) is 24.1 Å². The predicted octanol–water partition coefficient (Wildman–Crippen LogP) is 3.69. The molecule has 1 aromatic carbocycles. The van der Waals surface area contributed by atoms with E-state index in [1.54, 1.807) is 7.11 Å². The number of aromatic nitrogens is 2. The highest BCUT2D eigenvalue weighted by atomic mass is 16.5. The second-order valence-electron chi connectivity index (χ2n) is 5.68. The van der Waals surface area contributed by atoms with Crippen LogP contribution in [-0.2, 0) is 0 Å². The maximum absolute atomic E-state index is 5.57. The van der Waals surface area contributed by atoms with Crippen molar-refractivity contribution in [3.63, 3.8) is 0 Å². The normalized spacial score (nSPS) is 14.1. The first kappa shape index (κ1) is 13.9. The van der Waals surface area contributed by atoms with Crippen LogP contribution in [0.25, 0.3) is 11.3 Å². The third kappa shape index (κ3) is 2.71. The minimum absolute atomic E-state index is 0.522. The van der Waals surface area contributed by atoms with E-state index in [4.69, 9.17) is 9.72 Å². The molecule has 0 bridgehead atoms. The Bertz CT molecular complexity index is 678. The minimum Gasteiger partial charge on any atom is -0.496 e. The molecule has 1 aromatic heterocycles. The van der Waals surface area contributed by atoms with Gasteiger partial charge < -0.3 is 10.1 Å². The molecule has 4 nitrogen and oxygen atoms in total. The van der Waals surface area contributed by atoms with Crippen molar-refractivity contribution in [1.29, 1.82) is 0 Å². The fourth-order valence-electron chi connectivity index (χ4n) is 2.66. The number of ether oxygens (including phenoxy) is 1. The lowest BCUT2D eigenvalue weighted by molar-refractivity contribution is 0.415. The summed E-state index contributed by atoms with van der Waals surface area (Å²) in [5.74, 6) is 3.20. The number of aryl methyl sites for hydroxylation is 2.